The highest BCUT2D eigenvalue weighted by Gasteiger charge is 2.22. The highest BCUT2D eigenvalue weighted by atomic mass is 16.3. The zero-order valence-electron chi connectivity index (χ0n) is 15.0. The molecule has 1 aliphatic heterocycles. The number of nitrogens with zero attached hydrogens (tertiary/aromatic N) is 2. The molecule has 2 aromatic carbocycles. The molecular weight excluding hydrogens is 312 g/mol. The molecule has 4 heteroatoms. The smallest absolute Gasteiger partial charge is 0.223 e. The molecule has 1 heterocycles. The fraction of sp³-hybridized carbons (Fsp3) is 0.381. The van der Waals surface area contributed by atoms with Crippen molar-refractivity contribution in [3.8, 4) is 5.75 Å². The Morgan fingerprint density at radius 2 is 1.76 bits per heavy atom. The molecule has 0 aromatic heterocycles. The van der Waals surface area contributed by atoms with Gasteiger partial charge in [0.25, 0.3) is 0 Å². The first-order valence-electron chi connectivity index (χ1n) is 8.91. The van der Waals surface area contributed by atoms with E-state index in [1.165, 1.54) is 16.7 Å². The summed E-state index contributed by atoms with van der Waals surface area (Å²) >= 11 is 0. The van der Waals surface area contributed by atoms with Gasteiger partial charge in [0.2, 0.25) is 5.91 Å². The van der Waals surface area contributed by atoms with Crippen LogP contribution in [0.25, 0.3) is 0 Å². The summed E-state index contributed by atoms with van der Waals surface area (Å²) < 4.78 is 0. The Bertz CT molecular complexity index is 749. The summed E-state index contributed by atoms with van der Waals surface area (Å²) in [4.78, 5) is 16.6. The minimum atomic E-state index is 0.219. The standard InChI is InChI=1S/C21H26N2O2/c1-16-7-8-18(17(2)15-16)9-10-21(25)23-13-11-22(12-14-23)19-5-3-4-6-20(19)24/h3-8,15,24H,9-14H2,1-2H3. The van der Waals surface area contributed by atoms with Crippen LogP contribution < -0.4 is 4.90 Å². The molecule has 1 aliphatic rings. The largest absolute Gasteiger partial charge is 0.506 e. The third-order valence-corrected chi connectivity index (χ3v) is 4.96. The van der Waals surface area contributed by atoms with Crippen molar-refractivity contribution in [2.24, 2.45) is 0 Å². The van der Waals surface area contributed by atoms with Crippen molar-refractivity contribution >= 4 is 11.6 Å². The maximum absolute atomic E-state index is 12.5. The average molecular weight is 338 g/mol. The van der Waals surface area contributed by atoms with E-state index in [4.69, 9.17) is 0 Å². The molecule has 3 rings (SSSR count). The fourth-order valence-electron chi connectivity index (χ4n) is 3.45. The Morgan fingerprint density at radius 3 is 2.44 bits per heavy atom. The second-order valence-corrected chi connectivity index (χ2v) is 6.79. The molecule has 0 radical (unpaired) electrons. The third-order valence-electron chi connectivity index (χ3n) is 4.96. The summed E-state index contributed by atoms with van der Waals surface area (Å²) in [5.74, 6) is 0.522. The number of anilines is 1. The molecule has 0 spiro atoms. The number of carbonyl (C=O) groups is 1. The Kier molecular flexibility index (Phi) is 5.27. The van der Waals surface area contributed by atoms with Crippen molar-refractivity contribution < 1.29 is 9.90 Å². The van der Waals surface area contributed by atoms with Crippen LogP contribution in [0.15, 0.2) is 42.5 Å². The summed E-state index contributed by atoms with van der Waals surface area (Å²) in [6, 6.07) is 13.8. The minimum absolute atomic E-state index is 0.219. The van der Waals surface area contributed by atoms with Crippen LogP contribution in [-0.2, 0) is 11.2 Å². The number of para-hydroxylation sites is 2. The van der Waals surface area contributed by atoms with E-state index >= 15 is 0 Å². The quantitative estimate of drug-likeness (QED) is 0.930. The van der Waals surface area contributed by atoms with Crippen molar-refractivity contribution in [3.05, 3.63) is 59.2 Å². The second-order valence-electron chi connectivity index (χ2n) is 6.79. The normalized spacial score (nSPS) is 14.6. The molecular formula is C21H26N2O2. The predicted molar refractivity (Wildman–Crippen MR) is 101 cm³/mol. The highest BCUT2D eigenvalue weighted by Crippen LogP contribution is 2.27. The number of carbonyl (C=O) groups excluding carboxylic acids is 1. The fourth-order valence-corrected chi connectivity index (χ4v) is 3.45. The first-order chi connectivity index (χ1) is 12.0. The molecule has 25 heavy (non-hydrogen) atoms. The number of rotatable bonds is 4. The number of hydrogen-bond acceptors (Lipinski definition) is 3. The molecule has 0 atom stereocenters. The topological polar surface area (TPSA) is 43.8 Å². The van der Waals surface area contributed by atoms with Gasteiger partial charge in [0.05, 0.1) is 5.69 Å². The van der Waals surface area contributed by atoms with Gasteiger partial charge in [-0.15, -0.1) is 0 Å². The molecule has 1 N–H and O–H groups in total. The molecule has 0 saturated carbocycles. The number of hydrogen-bond donors (Lipinski definition) is 1. The van der Waals surface area contributed by atoms with Gasteiger partial charge in [0, 0.05) is 32.6 Å². The van der Waals surface area contributed by atoms with E-state index in [2.05, 4.69) is 36.9 Å². The third kappa shape index (κ3) is 4.13. The van der Waals surface area contributed by atoms with Crippen LogP contribution in [-0.4, -0.2) is 42.1 Å². The summed E-state index contributed by atoms with van der Waals surface area (Å²) in [6.45, 7) is 7.13. The Hall–Kier alpha value is -2.49. The monoisotopic (exact) mass is 338 g/mol. The predicted octanol–water partition coefficient (Wildman–Crippen LogP) is 3.29. The molecule has 1 fully saturated rings. The molecule has 0 aliphatic carbocycles. The van der Waals surface area contributed by atoms with Gasteiger partial charge in [-0.2, -0.15) is 0 Å². The molecule has 2 aromatic rings. The molecule has 1 saturated heterocycles. The molecule has 0 unspecified atom stereocenters. The van der Waals surface area contributed by atoms with E-state index in [9.17, 15) is 9.90 Å². The zero-order valence-corrected chi connectivity index (χ0v) is 15.0. The lowest BCUT2D eigenvalue weighted by Crippen LogP contribution is -2.48. The van der Waals surface area contributed by atoms with Crippen LogP contribution >= 0.6 is 0 Å². The van der Waals surface area contributed by atoms with Crippen LogP contribution in [0.4, 0.5) is 5.69 Å². The van der Waals surface area contributed by atoms with Gasteiger partial charge in [-0.3, -0.25) is 4.79 Å². The molecule has 132 valence electrons. The van der Waals surface area contributed by atoms with E-state index < -0.39 is 0 Å². The molecule has 4 nitrogen and oxygen atoms in total. The van der Waals surface area contributed by atoms with Crippen molar-refractivity contribution in [2.75, 3.05) is 31.1 Å². The van der Waals surface area contributed by atoms with Crippen molar-refractivity contribution in [3.63, 3.8) is 0 Å². The van der Waals surface area contributed by atoms with Gasteiger partial charge in [-0.05, 0) is 43.5 Å². The second kappa shape index (κ2) is 7.60. The minimum Gasteiger partial charge on any atom is -0.506 e. The van der Waals surface area contributed by atoms with Crippen LogP contribution in [0.2, 0.25) is 0 Å². The molecule has 0 bridgehead atoms. The van der Waals surface area contributed by atoms with Crippen molar-refractivity contribution in [1.82, 2.24) is 4.90 Å². The van der Waals surface area contributed by atoms with E-state index in [0.717, 1.165) is 25.2 Å². The SMILES string of the molecule is Cc1ccc(CCC(=O)N2CCN(c3ccccc3O)CC2)c(C)c1. The molecule has 1 amide bonds. The van der Waals surface area contributed by atoms with E-state index in [1.807, 2.05) is 23.1 Å². The number of phenolic OH excluding ortho intramolecular Hbond substituents is 1. The number of piperazine rings is 1. The number of amides is 1. The maximum Gasteiger partial charge on any atom is 0.223 e. The summed E-state index contributed by atoms with van der Waals surface area (Å²) in [6.07, 6.45) is 1.35. The first kappa shape index (κ1) is 17.3. The summed E-state index contributed by atoms with van der Waals surface area (Å²) in [7, 11) is 0. The highest BCUT2D eigenvalue weighted by molar-refractivity contribution is 5.77. The van der Waals surface area contributed by atoms with E-state index in [-0.39, 0.29) is 5.91 Å². The van der Waals surface area contributed by atoms with Gasteiger partial charge in [0.1, 0.15) is 5.75 Å². The van der Waals surface area contributed by atoms with Gasteiger partial charge in [-0.1, -0.05) is 35.9 Å². The van der Waals surface area contributed by atoms with Crippen LogP contribution in [0.5, 0.6) is 5.75 Å². The summed E-state index contributed by atoms with van der Waals surface area (Å²) in [5, 5.41) is 9.97. The lowest BCUT2D eigenvalue weighted by Gasteiger charge is -2.36. The lowest BCUT2D eigenvalue weighted by atomic mass is 10.0. The van der Waals surface area contributed by atoms with Crippen LogP contribution in [0.3, 0.4) is 0 Å². The van der Waals surface area contributed by atoms with Gasteiger partial charge in [0.15, 0.2) is 0 Å². The van der Waals surface area contributed by atoms with E-state index in [1.54, 1.807) is 6.07 Å². The van der Waals surface area contributed by atoms with Crippen LogP contribution in [0, 0.1) is 13.8 Å². The van der Waals surface area contributed by atoms with Crippen molar-refractivity contribution in [1.29, 1.82) is 0 Å². The maximum atomic E-state index is 12.5. The number of aryl methyl sites for hydroxylation is 3. The average Bonchev–Trinajstić information content (AvgIpc) is 2.61. The van der Waals surface area contributed by atoms with Gasteiger partial charge < -0.3 is 14.9 Å². The lowest BCUT2D eigenvalue weighted by molar-refractivity contribution is -0.131. The van der Waals surface area contributed by atoms with Crippen LogP contribution in [0.1, 0.15) is 23.1 Å². The van der Waals surface area contributed by atoms with Gasteiger partial charge >= 0.3 is 0 Å². The Morgan fingerprint density at radius 1 is 1.04 bits per heavy atom. The van der Waals surface area contributed by atoms with Gasteiger partial charge in [-0.25, -0.2) is 0 Å². The summed E-state index contributed by atoms with van der Waals surface area (Å²) in [5.41, 5.74) is 4.63. The first-order valence-corrected chi connectivity index (χ1v) is 8.91. The van der Waals surface area contributed by atoms with Crippen molar-refractivity contribution in [2.45, 2.75) is 26.7 Å². The number of benzene rings is 2. The Labute approximate surface area is 149 Å². The zero-order chi connectivity index (χ0) is 17.8. The number of phenols is 1. The Balaban J connectivity index is 1.52. The number of aromatic hydroxyl groups is 1. The van der Waals surface area contributed by atoms with E-state index in [0.29, 0.717) is 25.3 Å².